The molecule has 4 heteroatoms. The summed E-state index contributed by atoms with van der Waals surface area (Å²) < 4.78 is 0. The molecule has 51 heavy (non-hydrogen) atoms. The van der Waals surface area contributed by atoms with E-state index in [1.807, 2.05) is 12.2 Å². The van der Waals surface area contributed by atoms with Crippen molar-refractivity contribution in [3.63, 3.8) is 0 Å². The Morgan fingerprint density at radius 3 is 1.88 bits per heavy atom. The Kier molecular flexibility index (Phi) is 7.42. The zero-order valence-corrected chi connectivity index (χ0v) is 29.2. The van der Waals surface area contributed by atoms with E-state index in [2.05, 4.69) is 205 Å². The van der Waals surface area contributed by atoms with Crippen molar-refractivity contribution in [3.8, 4) is 0 Å². The van der Waals surface area contributed by atoms with Gasteiger partial charge in [-0.2, -0.15) is 0 Å². The van der Waals surface area contributed by atoms with Crippen molar-refractivity contribution < 1.29 is 0 Å². The van der Waals surface area contributed by atoms with Crippen LogP contribution in [0.2, 0.25) is 0 Å². The van der Waals surface area contributed by atoms with Crippen LogP contribution in [0.4, 0.5) is 45.5 Å². The molecule has 2 heterocycles. The Labute approximate surface area is 301 Å². The van der Waals surface area contributed by atoms with Gasteiger partial charge in [0, 0.05) is 51.2 Å². The largest absolute Gasteiger partial charge is 0.311 e. The lowest BCUT2D eigenvalue weighted by molar-refractivity contribution is 0.590. The minimum Gasteiger partial charge on any atom is -0.311 e. The second kappa shape index (κ2) is 12.3. The smallest absolute Gasteiger partial charge is 0.252 e. The van der Waals surface area contributed by atoms with E-state index in [-0.39, 0.29) is 12.1 Å². The highest BCUT2D eigenvalue weighted by atomic mass is 15.2. The molecule has 0 N–H and O–H groups in total. The highest BCUT2D eigenvalue weighted by molar-refractivity contribution is 7.00. The fraction of sp³-hybridized carbons (Fsp3) is 0.0851. The van der Waals surface area contributed by atoms with Gasteiger partial charge in [-0.15, -0.1) is 5.73 Å². The van der Waals surface area contributed by atoms with Crippen LogP contribution >= 0.6 is 0 Å². The molecule has 0 radical (unpaired) electrons. The third-order valence-corrected chi connectivity index (χ3v) is 10.2. The zero-order valence-electron chi connectivity index (χ0n) is 29.2. The Morgan fingerprint density at radius 2 is 1.18 bits per heavy atom. The van der Waals surface area contributed by atoms with Crippen molar-refractivity contribution in [2.45, 2.75) is 26.2 Å². The van der Waals surface area contributed by atoms with Crippen LogP contribution in [0.1, 0.15) is 26.3 Å². The predicted molar refractivity (Wildman–Crippen MR) is 218 cm³/mol. The minimum absolute atomic E-state index is 0.0574. The van der Waals surface area contributed by atoms with E-state index in [1.54, 1.807) is 0 Å². The fourth-order valence-corrected chi connectivity index (χ4v) is 7.87. The lowest BCUT2D eigenvalue weighted by atomic mass is 9.33. The third-order valence-electron chi connectivity index (χ3n) is 10.2. The van der Waals surface area contributed by atoms with E-state index in [0.29, 0.717) is 0 Å². The van der Waals surface area contributed by atoms with Crippen LogP contribution in [0.25, 0.3) is 0 Å². The Morgan fingerprint density at radius 1 is 0.549 bits per heavy atom. The van der Waals surface area contributed by atoms with E-state index in [9.17, 15) is 0 Å². The zero-order chi connectivity index (χ0) is 34.5. The maximum absolute atomic E-state index is 3.25. The number of hydrogen-bond donors (Lipinski definition) is 0. The summed E-state index contributed by atoms with van der Waals surface area (Å²) in [6, 6.07) is 53.3. The monoisotopic (exact) mass is 655 g/mol. The van der Waals surface area contributed by atoms with E-state index in [4.69, 9.17) is 0 Å². The first kappa shape index (κ1) is 30.8. The molecule has 244 valence electrons. The number of nitrogens with zero attached hydrogens (tertiary/aromatic N) is 3. The first-order chi connectivity index (χ1) is 25.0. The van der Waals surface area contributed by atoms with Gasteiger partial charge in [-0.3, -0.25) is 0 Å². The summed E-state index contributed by atoms with van der Waals surface area (Å²) in [6.07, 6.45) is 10.4. The van der Waals surface area contributed by atoms with E-state index >= 15 is 0 Å². The van der Waals surface area contributed by atoms with Crippen LogP contribution in [0, 0.1) is 0 Å². The molecule has 3 nitrogen and oxygen atoms in total. The number of para-hydroxylation sites is 3. The molecule has 0 unspecified atom stereocenters. The molecule has 6 aromatic rings. The summed E-state index contributed by atoms with van der Waals surface area (Å²) in [5.41, 5.74) is 18.9. The molecular formula is C47H38BN3. The molecule has 3 aliphatic rings. The highest BCUT2D eigenvalue weighted by Crippen LogP contribution is 2.45. The second-order valence-corrected chi connectivity index (χ2v) is 14.4. The van der Waals surface area contributed by atoms with Crippen LogP contribution < -0.4 is 31.1 Å². The summed E-state index contributed by atoms with van der Waals surface area (Å²) >= 11 is 0. The van der Waals surface area contributed by atoms with Gasteiger partial charge in [0.05, 0.1) is 0 Å². The van der Waals surface area contributed by atoms with Crippen molar-refractivity contribution in [1.29, 1.82) is 0 Å². The molecule has 0 amide bonds. The average molecular weight is 656 g/mol. The first-order valence-electron chi connectivity index (χ1n) is 17.7. The van der Waals surface area contributed by atoms with Gasteiger partial charge in [-0.25, -0.2) is 0 Å². The molecule has 0 aromatic heterocycles. The topological polar surface area (TPSA) is 9.72 Å². The SMILES string of the molecule is CC(C)(C)c1ccc(N2c3cc(N(c4ccccc4)c4ccccc4)ccc3B3c4ccccc4N(C4=CC=C=CC=C4)c4cccc2c43)cc1. The van der Waals surface area contributed by atoms with Crippen molar-refractivity contribution in [1.82, 2.24) is 0 Å². The molecule has 0 fully saturated rings. The van der Waals surface area contributed by atoms with Crippen molar-refractivity contribution >= 4 is 68.6 Å². The van der Waals surface area contributed by atoms with Crippen molar-refractivity contribution in [2.75, 3.05) is 14.7 Å². The Balaban J connectivity index is 1.31. The van der Waals surface area contributed by atoms with Gasteiger partial charge in [0.15, 0.2) is 0 Å². The molecule has 0 spiro atoms. The number of fused-ring (bicyclic) bond motifs is 4. The van der Waals surface area contributed by atoms with Crippen molar-refractivity contribution in [2.24, 2.45) is 0 Å². The number of allylic oxidation sites excluding steroid dienone is 4. The first-order valence-corrected chi connectivity index (χ1v) is 17.7. The quantitative estimate of drug-likeness (QED) is 0.135. The van der Waals surface area contributed by atoms with E-state index in [1.165, 1.54) is 44.7 Å². The summed E-state index contributed by atoms with van der Waals surface area (Å²) in [7, 11) is 0. The average Bonchev–Trinajstić information content (AvgIpc) is 3.45. The molecular weight excluding hydrogens is 617 g/mol. The number of benzene rings is 6. The summed E-state index contributed by atoms with van der Waals surface area (Å²) in [5.74, 6) is 0. The molecule has 1 aliphatic carbocycles. The molecule has 9 rings (SSSR count). The van der Waals surface area contributed by atoms with Crippen molar-refractivity contribution in [3.05, 3.63) is 193 Å². The van der Waals surface area contributed by atoms with Crippen LogP contribution in [-0.4, -0.2) is 6.71 Å². The molecule has 0 atom stereocenters. The Bertz CT molecular complexity index is 2360. The van der Waals surface area contributed by atoms with Gasteiger partial charge in [-0.05, 0) is 118 Å². The van der Waals surface area contributed by atoms with Gasteiger partial charge in [0.25, 0.3) is 6.71 Å². The summed E-state index contributed by atoms with van der Waals surface area (Å²) in [6.45, 7) is 6.89. The second-order valence-electron chi connectivity index (χ2n) is 14.4. The lowest BCUT2D eigenvalue weighted by Crippen LogP contribution is -2.61. The highest BCUT2D eigenvalue weighted by Gasteiger charge is 2.43. The van der Waals surface area contributed by atoms with Gasteiger partial charge >= 0.3 is 0 Å². The fourth-order valence-electron chi connectivity index (χ4n) is 7.87. The molecule has 2 aliphatic heterocycles. The molecule has 0 saturated carbocycles. The molecule has 6 aromatic carbocycles. The third kappa shape index (κ3) is 5.24. The summed E-state index contributed by atoms with van der Waals surface area (Å²) in [4.78, 5) is 7.26. The van der Waals surface area contributed by atoms with Crippen LogP contribution in [0.15, 0.2) is 187 Å². The van der Waals surface area contributed by atoms with E-state index in [0.717, 1.165) is 28.4 Å². The molecule has 0 bridgehead atoms. The standard InChI is InChI=1S/C47H38BN3/c1-47(2,3)34-27-29-38(30-28-34)51-44-26-16-25-43-46(44)48(40-23-14-15-24-42(40)50(43)37-21-8-4-5-9-22-37)41-32-31-39(33-45(41)51)49(35-17-10-6-11-18-35)36-19-12-7-13-20-36/h4,6-33H,1-3H3. The predicted octanol–water partition coefficient (Wildman–Crippen LogP) is 10.4. The summed E-state index contributed by atoms with van der Waals surface area (Å²) in [5, 5.41) is 0. The lowest BCUT2D eigenvalue weighted by Gasteiger charge is -2.44. The van der Waals surface area contributed by atoms with E-state index < -0.39 is 0 Å². The van der Waals surface area contributed by atoms with Gasteiger partial charge in [0.2, 0.25) is 0 Å². The maximum Gasteiger partial charge on any atom is 0.252 e. The normalized spacial score (nSPS) is 14.0. The number of anilines is 8. The Hall–Kier alpha value is -6.22. The molecule has 0 saturated heterocycles. The van der Waals surface area contributed by atoms with Crippen LogP contribution in [0.3, 0.4) is 0 Å². The maximum atomic E-state index is 3.25. The minimum atomic E-state index is 0.0574. The number of hydrogen-bond acceptors (Lipinski definition) is 3. The number of rotatable bonds is 5. The van der Waals surface area contributed by atoms with Gasteiger partial charge < -0.3 is 14.7 Å². The van der Waals surface area contributed by atoms with Gasteiger partial charge in [0.1, 0.15) is 0 Å². The van der Waals surface area contributed by atoms with Crippen LogP contribution in [-0.2, 0) is 5.41 Å². The van der Waals surface area contributed by atoms with Crippen LogP contribution in [0.5, 0.6) is 0 Å². The van der Waals surface area contributed by atoms with Gasteiger partial charge in [-0.1, -0.05) is 106 Å².